The molecule has 0 bridgehead atoms. The zero-order chi connectivity index (χ0) is 22.6. The Morgan fingerprint density at radius 3 is 1.57 bits per heavy atom. The van der Waals surface area contributed by atoms with Gasteiger partial charge in [0.2, 0.25) is 0 Å². The number of aliphatic hydroxyl groups is 3. The van der Waals surface area contributed by atoms with Crippen LogP contribution < -0.4 is 0 Å². The van der Waals surface area contributed by atoms with Crippen molar-refractivity contribution in [2.75, 3.05) is 6.61 Å². The van der Waals surface area contributed by atoms with Gasteiger partial charge in [0, 0.05) is 0 Å². The zero-order valence-electron chi connectivity index (χ0n) is 19.7. The summed E-state index contributed by atoms with van der Waals surface area (Å²) in [5.74, 6) is 0.291. The molecule has 2 aliphatic rings. The maximum atomic E-state index is 14.0. The minimum Gasteiger partial charge on any atom is -0.394 e. The molecule has 0 heterocycles. The van der Waals surface area contributed by atoms with E-state index in [0.29, 0.717) is 23.7 Å². The third-order valence-corrected chi connectivity index (χ3v) is 9.46. The second-order valence-corrected chi connectivity index (χ2v) is 12.7. The van der Waals surface area contributed by atoms with Gasteiger partial charge in [0.25, 0.3) is 0 Å². The predicted molar refractivity (Wildman–Crippen MR) is 119 cm³/mol. The number of rotatable bonds is 9. The summed E-state index contributed by atoms with van der Waals surface area (Å²) >= 11 is 0. The molecular formula is C23H45O6P. The number of hydrogen-bond donors (Lipinski definition) is 3. The average Bonchev–Trinajstić information content (AvgIpc) is 2.66. The lowest BCUT2D eigenvalue weighted by Gasteiger charge is -2.43. The fourth-order valence-corrected chi connectivity index (χ4v) is 7.36. The van der Waals surface area contributed by atoms with Crippen LogP contribution in [0, 0.1) is 35.5 Å². The lowest BCUT2D eigenvalue weighted by molar-refractivity contribution is -0.0382. The molecule has 0 aromatic carbocycles. The molecule has 2 fully saturated rings. The van der Waals surface area contributed by atoms with Crippen LogP contribution >= 0.6 is 7.60 Å². The van der Waals surface area contributed by atoms with Gasteiger partial charge in [-0.2, -0.15) is 0 Å². The van der Waals surface area contributed by atoms with Crippen molar-refractivity contribution in [2.24, 2.45) is 35.5 Å². The van der Waals surface area contributed by atoms with Crippen molar-refractivity contribution in [3.63, 3.8) is 0 Å². The van der Waals surface area contributed by atoms with Crippen LogP contribution in [0.4, 0.5) is 0 Å². The Bertz CT molecular complexity index is 530. The van der Waals surface area contributed by atoms with Crippen LogP contribution in [0.3, 0.4) is 0 Å². The summed E-state index contributed by atoms with van der Waals surface area (Å²) in [5, 5.41) is 30.3. The first kappa shape index (κ1) is 26.3. The summed E-state index contributed by atoms with van der Waals surface area (Å²) in [7, 11) is -4.08. The Balaban J connectivity index is 2.31. The van der Waals surface area contributed by atoms with E-state index in [1.807, 2.05) is 0 Å². The summed E-state index contributed by atoms with van der Waals surface area (Å²) in [6.07, 6.45) is 3.54. The first-order valence-corrected chi connectivity index (χ1v) is 13.5. The normalized spacial score (nSPS) is 35.6. The van der Waals surface area contributed by atoms with Gasteiger partial charge in [-0.05, 0) is 61.2 Å². The first-order chi connectivity index (χ1) is 14.0. The molecule has 178 valence electrons. The molecule has 0 unspecified atom stereocenters. The molecular weight excluding hydrogens is 403 g/mol. The number of aliphatic hydroxyl groups excluding tert-OH is 3. The Kier molecular flexibility index (Phi) is 9.85. The SMILES string of the molecule is CC(C)[C@H]1CC[C@@H](C)C[C@H]1OP(=O)(O[C@@H]1C[C@H](C)CC[C@@H]1C(C)C)[C@@H](O)[C@@H](O)CO. The molecule has 3 N–H and O–H groups in total. The third-order valence-electron chi connectivity index (χ3n) is 7.34. The fraction of sp³-hybridized carbons (Fsp3) is 1.00. The van der Waals surface area contributed by atoms with Crippen LogP contribution in [-0.2, 0) is 13.6 Å². The van der Waals surface area contributed by atoms with Crippen LogP contribution in [0.1, 0.15) is 80.1 Å². The van der Waals surface area contributed by atoms with E-state index >= 15 is 0 Å². The van der Waals surface area contributed by atoms with Crippen molar-refractivity contribution in [2.45, 2.75) is 104 Å². The number of hydrogen-bond acceptors (Lipinski definition) is 6. The van der Waals surface area contributed by atoms with E-state index in [2.05, 4.69) is 41.5 Å². The van der Waals surface area contributed by atoms with E-state index in [4.69, 9.17) is 9.05 Å². The largest absolute Gasteiger partial charge is 0.394 e. The quantitative estimate of drug-likeness (QED) is 0.438. The molecule has 2 saturated carbocycles. The van der Waals surface area contributed by atoms with Gasteiger partial charge in [-0.3, -0.25) is 4.57 Å². The summed E-state index contributed by atoms with van der Waals surface area (Å²) in [5.41, 5.74) is 0. The van der Waals surface area contributed by atoms with Gasteiger partial charge in [-0.1, -0.05) is 54.4 Å². The van der Waals surface area contributed by atoms with Crippen molar-refractivity contribution >= 4 is 7.60 Å². The Labute approximate surface area is 183 Å². The van der Waals surface area contributed by atoms with Crippen LogP contribution in [0.2, 0.25) is 0 Å². The van der Waals surface area contributed by atoms with Gasteiger partial charge in [0.1, 0.15) is 6.10 Å². The van der Waals surface area contributed by atoms with E-state index in [0.717, 1.165) is 38.5 Å². The molecule has 0 aromatic rings. The zero-order valence-corrected chi connectivity index (χ0v) is 20.6. The Hall–Kier alpha value is 0.0300. The standard InChI is InChI=1S/C23H45O6P/c1-14(2)18-9-7-16(5)11-21(18)28-30(27,23(26)20(25)13-24)29-22-12-17(6)8-10-19(22)15(3)4/h14-26H,7-13H2,1-6H3/t16-,17-,18-,19-,20+,21-,22-,23-/m1/s1. The second kappa shape index (κ2) is 11.2. The molecule has 0 aromatic heterocycles. The highest BCUT2D eigenvalue weighted by atomic mass is 31.2. The molecule has 7 heteroatoms. The molecule has 30 heavy (non-hydrogen) atoms. The molecule has 0 amide bonds. The van der Waals surface area contributed by atoms with E-state index in [9.17, 15) is 19.9 Å². The molecule has 8 atom stereocenters. The molecule has 2 rings (SSSR count). The van der Waals surface area contributed by atoms with E-state index in [1.165, 1.54) is 0 Å². The maximum absolute atomic E-state index is 14.0. The minimum atomic E-state index is -4.08. The van der Waals surface area contributed by atoms with Crippen molar-refractivity contribution in [3.05, 3.63) is 0 Å². The van der Waals surface area contributed by atoms with Gasteiger partial charge in [0.05, 0.1) is 18.8 Å². The highest BCUT2D eigenvalue weighted by Crippen LogP contribution is 2.59. The maximum Gasteiger partial charge on any atom is 0.362 e. The summed E-state index contributed by atoms with van der Waals surface area (Å²) < 4.78 is 26.4. The second-order valence-electron chi connectivity index (χ2n) is 10.6. The van der Waals surface area contributed by atoms with Crippen LogP contribution in [0.5, 0.6) is 0 Å². The highest BCUT2D eigenvalue weighted by molar-refractivity contribution is 7.54. The molecule has 0 spiro atoms. The van der Waals surface area contributed by atoms with Crippen molar-refractivity contribution in [3.8, 4) is 0 Å². The molecule has 0 saturated heterocycles. The van der Waals surface area contributed by atoms with Crippen molar-refractivity contribution < 1.29 is 28.9 Å². The van der Waals surface area contributed by atoms with E-state index in [1.54, 1.807) is 0 Å². The lowest BCUT2D eigenvalue weighted by Crippen LogP contribution is -2.40. The lowest BCUT2D eigenvalue weighted by atomic mass is 9.75. The van der Waals surface area contributed by atoms with Gasteiger partial charge in [-0.25, -0.2) is 0 Å². The molecule has 0 radical (unpaired) electrons. The molecule has 2 aliphatic carbocycles. The predicted octanol–water partition coefficient (Wildman–Crippen LogP) is 4.81. The van der Waals surface area contributed by atoms with E-state index in [-0.39, 0.29) is 24.0 Å². The van der Waals surface area contributed by atoms with Gasteiger partial charge < -0.3 is 24.4 Å². The Morgan fingerprint density at radius 1 is 0.833 bits per heavy atom. The van der Waals surface area contributed by atoms with Crippen molar-refractivity contribution in [1.82, 2.24) is 0 Å². The van der Waals surface area contributed by atoms with Gasteiger partial charge in [0.15, 0.2) is 5.85 Å². The third kappa shape index (κ3) is 6.52. The highest BCUT2D eigenvalue weighted by Gasteiger charge is 2.48. The molecule has 0 aliphatic heterocycles. The Morgan fingerprint density at radius 2 is 1.23 bits per heavy atom. The summed E-state index contributed by atoms with van der Waals surface area (Å²) in [6, 6.07) is 0. The van der Waals surface area contributed by atoms with Gasteiger partial charge in [-0.15, -0.1) is 0 Å². The average molecular weight is 449 g/mol. The van der Waals surface area contributed by atoms with Crippen LogP contribution in [-0.4, -0.2) is 46.1 Å². The fourth-order valence-electron chi connectivity index (χ4n) is 5.30. The van der Waals surface area contributed by atoms with Gasteiger partial charge >= 0.3 is 7.60 Å². The minimum absolute atomic E-state index is 0.225. The van der Waals surface area contributed by atoms with Crippen LogP contribution in [0.15, 0.2) is 0 Å². The summed E-state index contributed by atoms with van der Waals surface area (Å²) in [4.78, 5) is 0. The monoisotopic (exact) mass is 448 g/mol. The van der Waals surface area contributed by atoms with E-state index < -0.39 is 26.2 Å². The van der Waals surface area contributed by atoms with Crippen LogP contribution in [0.25, 0.3) is 0 Å². The molecule has 6 nitrogen and oxygen atoms in total. The topological polar surface area (TPSA) is 96.2 Å². The summed E-state index contributed by atoms with van der Waals surface area (Å²) in [6.45, 7) is 12.2. The smallest absolute Gasteiger partial charge is 0.362 e. The van der Waals surface area contributed by atoms with Crippen molar-refractivity contribution in [1.29, 1.82) is 0 Å². The first-order valence-electron chi connectivity index (χ1n) is 11.9.